The average molecular weight is 445 g/mol. The highest BCUT2D eigenvalue weighted by atomic mass is 32.2. The van der Waals surface area contributed by atoms with E-state index in [4.69, 9.17) is 9.47 Å². The van der Waals surface area contributed by atoms with Crippen molar-refractivity contribution >= 4 is 15.7 Å². The Bertz CT molecular complexity index is 1010. The summed E-state index contributed by atoms with van der Waals surface area (Å²) in [5.74, 6) is 1.92. The molecule has 0 aromatic heterocycles. The Morgan fingerprint density at radius 2 is 1.77 bits per heavy atom. The van der Waals surface area contributed by atoms with Crippen LogP contribution in [0.4, 0.5) is 5.69 Å². The molecule has 2 aromatic carbocycles. The lowest BCUT2D eigenvalue weighted by Crippen LogP contribution is -2.48. The number of benzene rings is 2. The molecule has 0 saturated carbocycles. The van der Waals surface area contributed by atoms with E-state index in [1.807, 2.05) is 25.1 Å². The number of rotatable bonds is 7. The van der Waals surface area contributed by atoms with Crippen LogP contribution in [-0.2, 0) is 10.0 Å². The largest absolute Gasteiger partial charge is 0.454 e. The molecule has 1 saturated heterocycles. The molecule has 0 N–H and O–H groups in total. The van der Waals surface area contributed by atoms with E-state index < -0.39 is 10.0 Å². The Balaban J connectivity index is 1.65. The first kappa shape index (κ1) is 22.0. The zero-order valence-electron chi connectivity index (χ0n) is 18.6. The Kier molecular flexibility index (Phi) is 6.44. The second-order valence-corrected chi connectivity index (χ2v) is 10.6. The molecule has 2 aliphatic heterocycles. The molecule has 4 rings (SSSR count). The van der Waals surface area contributed by atoms with Crippen molar-refractivity contribution in [1.82, 2.24) is 4.90 Å². The molecule has 0 bridgehead atoms. The molecule has 7 heteroatoms. The highest BCUT2D eigenvalue weighted by Crippen LogP contribution is 2.39. The predicted octanol–water partition coefficient (Wildman–Crippen LogP) is 4.43. The summed E-state index contributed by atoms with van der Waals surface area (Å²) < 4.78 is 40.4. The fraction of sp³-hybridized carbons (Fsp3) is 0.500. The zero-order valence-corrected chi connectivity index (χ0v) is 19.4. The van der Waals surface area contributed by atoms with Crippen LogP contribution in [0.3, 0.4) is 0 Å². The minimum Gasteiger partial charge on any atom is -0.454 e. The van der Waals surface area contributed by atoms with Gasteiger partial charge in [-0.3, -0.25) is 4.31 Å². The fourth-order valence-corrected chi connectivity index (χ4v) is 6.27. The second-order valence-electron chi connectivity index (χ2n) is 8.86. The Morgan fingerprint density at radius 1 is 1.06 bits per heavy atom. The van der Waals surface area contributed by atoms with Crippen LogP contribution in [0.1, 0.15) is 38.7 Å². The molecule has 2 aromatic rings. The van der Waals surface area contributed by atoms with Gasteiger partial charge < -0.3 is 14.4 Å². The summed E-state index contributed by atoms with van der Waals surface area (Å²) in [6.07, 6.45) is 2.77. The number of aryl methyl sites for hydroxylation is 1. The van der Waals surface area contributed by atoms with Crippen LogP contribution in [0.2, 0.25) is 0 Å². The molecule has 6 nitrogen and oxygen atoms in total. The standard InChI is InChI=1S/C24H32N2O4S/c1-18(2)10-13-25-14-11-20(12-15-25)26(21-8-9-22-23(16-21)30-17-29-22)31(27,28)24-7-5-4-6-19(24)3/h4-9,16,18,20H,10-15,17H2,1-3H3. The topological polar surface area (TPSA) is 59.1 Å². The fourth-order valence-electron chi connectivity index (χ4n) is 4.34. The number of piperidine rings is 1. The molecule has 0 radical (unpaired) electrons. The summed E-state index contributed by atoms with van der Waals surface area (Å²) in [6, 6.07) is 12.5. The Hall–Kier alpha value is -2.25. The van der Waals surface area contributed by atoms with E-state index in [0.29, 0.717) is 28.0 Å². The smallest absolute Gasteiger partial charge is 0.264 e. The normalized spacial score (nSPS) is 17.3. The maximum absolute atomic E-state index is 13.9. The maximum atomic E-state index is 13.9. The third-order valence-electron chi connectivity index (χ3n) is 6.15. The van der Waals surface area contributed by atoms with Gasteiger partial charge in [-0.1, -0.05) is 32.0 Å². The molecular formula is C24H32N2O4S. The van der Waals surface area contributed by atoms with Crippen LogP contribution in [-0.4, -0.2) is 45.8 Å². The quantitative estimate of drug-likeness (QED) is 0.632. The molecule has 2 aliphatic rings. The summed E-state index contributed by atoms with van der Waals surface area (Å²) in [7, 11) is -3.73. The van der Waals surface area contributed by atoms with E-state index in [-0.39, 0.29) is 12.8 Å². The lowest BCUT2D eigenvalue weighted by Gasteiger charge is -2.39. The van der Waals surface area contributed by atoms with Crippen LogP contribution < -0.4 is 13.8 Å². The van der Waals surface area contributed by atoms with E-state index in [1.54, 1.807) is 28.6 Å². The summed E-state index contributed by atoms with van der Waals surface area (Å²) in [5, 5.41) is 0. The molecule has 1 fully saturated rings. The minimum absolute atomic E-state index is 0.0970. The molecule has 0 amide bonds. The highest BCUT2D eigenvalue weighted by molar-refractivity contribution is 7.93. The molecule has 0 aliphatic carbocycles. The maximum Gasteiger partial charge on any atom is 0.264 e. The van der Waals surface area contributed by atoms with Gasteiger partial charge in [0, 0.05) is 25.2 Å². The van der Waals surface area contributed by atoms with Gasteiger partial charge in [0.2, 0.25) is 6.79 Å². The van der Waals surface area contributed by atoms with Crippen molar-refractivity contribution in [1.29, 1.82) is 0 Å². The van der Waals surface area contributed by atoms with Crippen LogP contribution in [0.15, 0.2) is 47.4 Å². The lowest BCUT2D eigenvalue weighted by molar-refractivity contribution is 0.174. The van der Waals surface area contributed by atoms with Crippen molar-refractivity contribution < 1.29 is 17.9 Å². The van der Waals surface area contributed by atoms with Gasteiger partial charge in [0.15, 0.2) is 11.5 Å². The van der Waals surface area contributed by atoms with Crippen molar-refractivity contribution in [3.8, 4) is 11.5 Å². The highest BCUT2D eigenvalue weighted by Gasteiger charge is 2.35. The van der Waals surface area contributed by atoms with E-state index in [9.17, 15) is 8.42 Å². The van der Waals surface area contributed by atoms with Crippen molar-refractivity contribution in [3.05, 3.63) is 48.0 Å². The van der Waals surface area contributed by atoms with Gasteiger partial charge in [0.25, 0.3) is 10.0 Å². The Labute approximate surface area is 185 Å². The molecule has 31 heavy (non-hydrogen) atoms. The van der Waals surface area contributed by atoms with Gasteiger partial charge in [-0.25, -0.2) is 8.42 Å². The van der Waals surface area contributed by atoms with E-state index in [1.165, 1.54) is 0 Å². The summed E-state index contributed by atoms with van der Waals surface area (Å²) in [5.41, 5.74) is 1.38. The first-order valence-electron chi connectivity index (χ1n) is 11.1. The molecule has 0 unspecified atom stereocenters. The van der Waals surface area contributed by atoms with E-state index >= 15 is 0 Å². The number of hydrogen-bond donors (Lipinski definition) is 0. The summed E-state index contributed by atoms with van der Waals surface area (Å²) in [6.45, 7) is 9.37. The van der Waals surface area contributed by atoms with Crippen LogP contribution in [0, 0.1) is 12.8 Å². The van der Waals surface area contributed by atoms with Gasteiger partial charge in [-0.2, -0.15) is 0 Å². The molecule has 0 spiro atoms. The number of anilines is 1. The van der Waals surface area contributed by atoms with Crippen molar-refractivity contribution in [2.75, 3.05) is 30.7 Å². The predicted molar refractivity (Wildman–Crippen MR) is 122 cm³/mol. The number of ether oxygens (including phenoxy) is 2. The van der Waals surface area contributed by atoms with Crippen LogP contribution >= 0.6 is 0 Å². The van der Waals surface area contributed by atoms with Gasteiger partial charge in [0.05, 0.1) is 10.6 Å². The van der Waals surface area contributed by atoms with Gasteiger partial charge >= 0.3 is 0 Å². The average Bonchev–Trinajstić information content (AvgIpc) is 3.21. The number of likely N-dealkylation sites (tertiary alicyclic amines) is 1. The van der Waals surface area contributed by atoms with E-state index in [2.05, 4.69) is 18.7 Å². The van der Waals surface area contributed by atoms with Crippen molar-refractivity contribution in [2.45, 2.75) is 51.0 Å². The zero-order chi connectivity index (χ0) is 22.0. The molecule has 2 heterocycles. The van der Waals surface area contributed by atoms with Gasteiger partial charge in [-0.15, -0.1) is 0 Å². The third-order valence-corrected chi connectivity index (χ3v) is 8.19. The lowest BCUT2D eigenvalue weighted by atomic mass is 10.0. The molecule has 0 atom stereocenters. The third kappa shape index (κ3) is 4.67. The van der Waals surface area contributed by atoms with Crippen LogP contribution in [0.5, 0.6) is 11.5 Å². The summed E-state index contributed by atoms with van der Waals surface area (Å²) in [4.78, 5) is 2.81. The first-order chi connectivity index (χ1) is 14.9. The second kappa shape index (κ2) is 9.09. The number of hydrogen-bond acceptors (Lipinski definition) is 5. The first-order valence-corrected chi connectivity index (χ1v) is 12.5. The van der Waals surface area contributed by atoms with Gasteiger partial charge in [-0.05, 0) is 62.4 Å². The number of fused-ring (bicyclic) bond motifs is 1. The SMILES string of the molecule is Cc1ccccc1S(=O)(=O)N(c1ccc2c(c1)OCO2)C1CCN(CCC(C)C)CC1. The molecule has 168 valence electrons. The van der Waals surface area contributed by atoms with Gasteiger partial charge in [0.1, 0.15) is 0 Å². The number of nitrogens with zero attached hydrogens (tertiary/aromatic N) is 2. The monoisotopic (exact) mass is 444 g/mol. The van der Waals surface area contributed by atoms with Crippen LogP contribution in [0.25, 0.3) is 0 Å². The number of sulfonamides is 1. The van der Waals surface area contributed by atoms with E-state index in [0.717, 1.165) is 44.5 Å². The minimum atomic E-state index is -3.73. The summed E-state index contributed by atoms with van der Waals surface area (Å²) >= 11 is 0. The van der Waals surface area contributed by atoms with Crippen molar-refractivity contribution in [2.24, 2.45) is 5.92 Å². The van der Waals surface area contributed by atoms with Crippen molar-refractivity contribution in [3.63, 3.8) is 0 Å². The Morgan fingerprint density at radius 3 is 2.48 bits per heavy atom. The molecular weight excluding hydrogens is 412 g/mol.